The first-order chi connectivity index (χ1) is 13.7. The lowest BCUT2D eigenvalue weighted by molar-refractivity contribution is 0.0950. The van der Waals surface area contributed by atoms with Gasteiger partial charge in [-0.05, 0) is 43.5 Å². The number of hydrogen-bond acceptors (Lipinski definition) is 3. The quantitative estimate of drug-likeness (QED) is 0.524. The van der Waals surface area contributed by atoms with E-state index in [4.69, 9.17) is 9.72 Å². The fraction of sp³-hybridized carbons (Fsp3) is 0.391. The molecule has 1 amide bonds. The van der Waals surface area contributed by atoms with Gasteiger partial charge in [0.1, 0.15) is 11.6 Å². The molecule has 0 aliphatic heterocycles. The van der Waals surface area contributed by atoms with Crippen LogP contribution in [0.25, 0.3) is 11.0 Å². The first kappa shape index (κ1) is 19.9. The Bertz CT molecular complexity index is 917. The van der Waals surface area contributed by atoms with E-state index >= 15 is 0 Å². The van der Waals surface area contributed by atoms with Crippen molar-refractivity contribution in [2.75, 3.05) is 13.7 Å². The Labute approximate surface area is 166 Å². The summed E-state index contributed by atoms with van der Waals surface area (Å²) in [6.45, 7) is 3.87. The van der Waals surface area contributed by atoms with E-state index < -0.39 is 0 Å². The van der Waals surface area contributed by atoms with Crippen molar-refractivity contribution in [1.29, 1.82) is 0 Å². The molecular formula is C23H29N3O2. The molecule has 0 saturated carbocycles. The van der Waals surface area contributed by atoms with Crippen molar-refractivity contribution >= 4 is 16.9 Å². The highest BCUT2D eigenvalue weighted by molar-refractivity contribution is 5.96. The second-order valence-corrected chi connectivity index (χ2v) is 6.94. The number of methoxy groups -OCH3 is 1. The normalized spacial score (nSPS) is 10.9. The van der Waals surface area contributed by atoms with Crippen LogP contribution < -0.4 is 10.1 Å². The molecule has 3 rings (SSSR count). The molecule has 0 fully saturated rings. The maximum absolute atomic E-state index is 12.3. The van der Waals surface area contributed by atoms with Crippen LogP contribution in [0.5, 0.6) is 5.75 Å². The number of hydrogen-bond donors (Lipinski definition) is 1. The predicted molar refractivity (Wildman–Crippen MR) is 113 cm³/mol. The fourth-order valence-corrected chi connectivity index (χ4v) is 3.50. The van der Waals surface area contributed by atoms with Gasteiger partial charge in [0.15, 0.2) is 0 Å². The Morgan fingerprint density at radius 3 is 2.68 bits per heavy atom. The number of para-hydroxylation sites is 3. The van der Waals surface area contributed by atoms with Crippen LogP contribution in [-0.4, -0.2) is 29.1 Å². The first-order valence-corrected chi connectivity index (χ1v) is 10.1. The van der Waals surface area contributed by atoms with Crippen LogP contribution in [0, 0.1) is 0 Å². The van der Waals surface area contributed by atoms with Gasteiger partial charge in [-0.3, -0.25) is 4.79 Å². The minimum atomic E-state index is -0.0813. The molecule has 0 aliphatic carbocycles. The molecule has 0 unspecified atom stereocenters. The third kappa shape index (κ3) is 4.71. The third-order valence-electron chi connectivity index (χ3n) is 4.90. The Balaban J connectivity index is 1.46. The number of aryl methyl sites for hydroxylation is 2. The van der Waals surface area contributed by atoms with E-state index in [-0.39, 0.29) is 5.91 Å². The summed E-state index contributed by atoms with van der Waals surface area (Å²) < 4.78 is 7.59. The van der Waals surface area contributed by atoms with E-state index in [1.165, 1.54) is 11.3 Å². The smallest absolute Gasteiger partial charge is 0.255 e. The van der Waals surface area contributed by atoms with E-state index in [9.17, 15) is 4.79 Å². The Morgan fingerprint density at radius 1 is 1.07 bits per heavy atom. The molecule has 148 valence electrons. The number of rotatable bonds is 10. The molecule has 0 saturated heterocycles. The maximum atomic E-state index is 12.3. The Kier molecular flexibility index (Phi) is 7.06. The average molecular weight is 380 g/mol. The van der Waals surface area contributed by atoms with Crippen molar-refractivity contribution in [2.24, 2.45) is 0 Å². The number of fused-ring (bicyclic) bond motifs is 1. The van der Waals surface area contributed by atoms with Crippen molar-refractivity contribution in [2.45, 2.75) is 45.6 Å². The summed E-state index contributed by atoms with van der Waals surface area (Å²) in [5.41, 5.74) is 2.89. The molecule has 0 bridgehead atoms. The highest BCUT2D eigenvalue weighted by atomic mass is 16.5. The average Bonchev–Trinajstić information content (AvgIpc) is 3.08. The van der Waals surface area contributed by atoms with E-state index in [0.29, 0.717) is 17.9 Å². The SMILES string of the molecule is CCCn1c(CCCCCNC(=O)c2ccccc2OC)nc2ccccc21. The number of imidazole rings is 1. The summed E-state index contributed by atoms with van der Waals surface area (Å²) in [4.78, 5) is 17.1. The van der Waals surface area contributed by atoms with Gasteiger partial charge in [0.25, 0.3) is 5.91 Å². The van der Waals surface area contributed by atoms with Crippen LogP contribution in [-0.2, 0) is 13.0 Å². The maximum Gasteiger partial charge on any atom is 0.255 e. The lowest BCUT2D eigenvalue weighted by atomic mass is 10.1. The van der Waals surface area contributed by atoms with Crippen molar-refractivity contribution in [3.63, 3.8) is 0 Å². The summed E-state index contributed by atoms with van der Waals surface area (Å²) in [5, 5.41) is 2.99. The standard InChI is InChI=1S/C23H29N3O2/c1-3-17-26-20-13-8-7-12-19(20)25-22(26)15-5-4-10-16-24-23(27)18-11-6-9-14-21(18)28-2/h6-9,11-14H,3-5,10,15-17H2,1-2H3,(H,24,27). The molecular weight excluding hydrogens is 350 g/mol. The number of nitrogens with zero attached hydrogens (tertiary/aromatic N) is 2. The number of ether oxygens (including phenoxy) is 1. The molecule has 1 aromatic heterocycles. The van der Waals surface area contributed by atoms with Gasteiger partial charge in [-0.2, -0.15) is 0 Å². The van der Waals surface area contributed by atoms with Gasteiger partial charge >= 0.3 is 0 Å². The van der Waals surface area contributed by atoms with Crippen molar-refractivity contribution < 1.29 is 9.53 Å². The molecule has 5 nitrogen and oxygen atoms in total. The highest BCUT2D eigenvalue weighted by Gasteiger charge is 2.11. The minimum Gasteiger partial charge on any atom is -0.496 e. The molecule has 2 aromatic carbocycles. The minimum absolute atomic E-state index is 0.0813. The summed E-state index contributed by atoms with van der Waals surface area (Å²) in [6, 6.07) is 15.6. The second kappa shape index (κ2) is 9.93. The van der Waals surface area contributed by atoms with Gasteiger partial charge in [0.2, 0.25) is 0 Å². The van der Waals surface area contributed by atoms with Crippen LogP contribution in [0.15, 0.2) is 48.5 Å². The second-order valence-electron chi connectivity index (χ2n) is 6.94. The molecule has 3 aromatic rings. The number of amides is 1. The molecule has 28 heavy (non-hydrogen) atoms. The molecule has 0 aliphatic rings. The van der Waals surface area contributed by atoms with E-state index in [2.05, 4.69) is 35.0 Å². The Morgan fingerprint density at radius 2 is 1.86 bits per heavy atom. The zero-order valence-corrected chi connectivity index (χ0v) is 16.8. The molecule has 5 heteroatoms. The topological polar surface area (TPSA) is 56.2 Å². The first-order valence-electron chi connectivity index (χ1n) is 10.1. The van der Waals surface area contributed by atoms with Crippen molar-refractivity contribution in [3.8, 4) is 5.75 Å². The fourth-order valence-electron chi connectivity index (χ4n) is 3.50. The monoisotopic (exact) mass is 379 g/mol. The summed E-state index contributed by atoms with van der Waals surface area (Å²) in [7, 11) is 1.58. The van der Waals surface area contributed by atoms with Crippen molar-refractivity contribution in [3.05, 3.63) is 59.9 Å². The number of unbranched alkanes of at least 4 members (excludes halogenated alkanes) is 2. The number of carbonyl (C=O) groups is 1. The van der Waals surface area contributed by atoms with Crippen LogP contribution in [0.4, 0.5) is 0 Å². The number of aromatic nitrogens is 2. The van der Waals surface area contributed by atoms with Crippen LogP contribution >= 0.6 is 0 Å². The van der Waals surface area contributed by atoms with Gasteiger partial charge in [0.05, 0.1) is 23.7 Å². The summed E-state index contributed by atoms with van der Waals surface area (Å²) in [6.07, 6.45) is 5.14. The zero-order chi connectivity index (χ0) is 19.8. The van der Waals surface area contributed by atoms with Crippen molar-refractivity contribution in [1.82, 2.24) is 14.9 Å². The van der Waals surface area contributed by atoms with Crippen LogP contribution in [0.1, 0.15) is 48.8 Å². The Hall–Kier alpha value is -2.82. The predicted octanol–water partition coefficient (Wildman–Crippen LogP) is 4.60. The third-order valence-corrected chi connectivity index (χ3v) is 4.90. The van der Waals surface area contributed by atoms with Gasteiger partial charge in [-0.25, -0.2) is 4.98 Å². The lowest BCUT2D eigenvalue weighted by Crippen LogP contribution is -2.24. The van der Waals surface area contributed by atoms with Gasteiger partial charge in [-0.1, -0.05) is 37.6 Å². The number of nitrogens with one attached hydrogen (secondary N) is 1. The van der Waals surface area contributed by atoms with Gasteiger partial charge < -0.3 is 14.6 Å². The molecule has 1 heterocycles. The van der Waals surface area contributed by atoms with Crippen LogP contribution in [0.3, 0.4) is 0 Å². The summed E-state index contributed by atoms with van der Waals surface area (Å²) >= 11 is 0. The molecule has 0 spiro atoms. The van der Waals surface area contributed by atoms with E-state index in [1.54, 1.807) is 19.2 Å². The molecule has 0 radical (unpaired) electrons. The zero-order valence-electron chi connectivity index (χ0n) is 16.8. The van der Waals surface area contributed by atoms with E-state index in [1.807, 2.05) is 18.2 Å². The molecule has 0 atom stereocenters. The van der Waals surface area contributed by atoms with Gasteiger partial charge in [-0.15, -0.1) is 0 Å². The lowest BCUT2D eigenvalue weighted by Gasteiger charge is -2.09. The number of carbonyl (C=O) groups excluding carboxylic acids is 1. The summed E-state index contributed by atoms with van der Waals surface area (Å²) in [5.74, 6) is 1.69. The number of benzene rings is 2. The van der Waals surface area contributed by atoms with E-state index in [0.717, 1.165) is 44.2 Å². The molecule has 1 N–H and O–H groups in total. The highest BCUT2D eigenvalue weighted by Crippen LogP contribution is 2.19. The van der Waals surface area contributed by atoms with Crippen LogP contribution in [0.2, 0.25) is 0 Å². The van der Waals surface area contributed by atoms with Gasteiger partial charge in [0, 0.05) is 19.5 Å². The largest absolute Gasteiger partial charge is 0.496 e.